The lowest BCUT2D eigenvalue weighted by Gasteiger charge is -2.14. The van der Waals surface area contributed by atoms with Crippen molar-refractivity contribution in [2.45, 2.75) is 20.5 Å². The monoisotopic (exact) mass is 226 g/mol. The lowest BCUT2D eigenvalue weighted by Crippen LogP contribution is -2.01. The first-order chi connectivity index (χ1) is 7.76. The summed E-state index contributed by atoms with van der Waals surface area (Å²) in [6, 6.07) is 3.52. The molecule has 0 spiro atoms. The summed E-state index contributed by atoms with van der Waals surface area (Å²) in [7, 11) is 1.55. The molecular formula is C12H18O4. The van der Waals surface area contributed by atoms with Gasteiger partial charge in [0.15, 0.2) is 11.5 Å². The first kappa shape index (κ1) is 12.6. The maximum absolute atomic E-state index is 9.24. The summed E-state index contributed by atoms with van der Waals surface area (Å²) in [6.07, 6.45) is 0. The van der Waals surface area contributed by atoms with Crippen LogP contribution in [-0.4, -0.2) is 25.4 Å². The first-order valence-electron chi connectivity index (χ1n) is 5.34. The van der Waals surface area contributed by atoms with Crippen molar-refractivity contribution in [3.8, 4) is 17.2 Å². The fraction of sp³-hybridized carbons (Fsp3) is 0.500. The second-order valence-corrected chi connectivity index (χ2v) is 3.14. The van der Waals surface area contributed by atoms with Crippen LogP contribution in [0.3, 0.4) is 0 Å². The van der Waals surface area contributed by atoms with E-state index in [2.05, 4.69) is 0 Å². The van der Waals surface area contributed by atoms with Gasteiger partial charge in [-0.1, -0.05) is 0 Å². The van der Waals surface area contributed by atoms with Crippen LogP contribution in [0.1, 0.15) is 19.4 Å². The van der Waals surface area contributed by atoms with E-state index in [1.807, 2.05) is 13.8 Å². The number of aliphatic hydroxyl groups is 1. The molecule has 0 heterocycles. The third kappa shape index (κ3) is 2.79. The third-order valence-electron chi connectivity index (χ3n) is 2.09. The molecule has 0 aliphatic rings. The van der Waals surface area contributed by atoms with E-state index in [0.29, 0.717) is 36.0 Å². The summed E-state index contributed by atoms with van der Waals surface area (Å²) < 4.78 is 16.0. The SMILES string of the molecule is CCOc1cc(CO)c(OC)c(OCC)c1. The molecule has 0 amide bonds. The Morgan fingerprint density at radius 2 is 1.81 bits per heavy atom. The fourth-order valence-electron chi connectivity index (χ4n) is 1.49. The minimum atomic E-state index is -0.107. The van der Waals surface area contributed by atoms with Gasteiger partial charge in [0, 0.05) is 11.6 Å². The normalized spacial score (nSPS) is 10.0. The molecule has 4 nitrogen and oxygen atoms in total. The molecule has 0 fully saturated rings. The zero-order chi connectivity index (χ0) is 12.0. The zero-order valence-corrected chi connectivity index (χ0v) is 9.95. The van der Waals surface area contributed by atoms with E-state index in [1.165, 1.54) is 0 Å². The van der Waals surface area contributed by atoms with Crippen molar-refractivity contribution in [2.75, 3.05) is 20.3 Å². The van der Waals surface area contributed by atoms with Crippen LogP contribution >= 0.6 is 0 Å². The minimum Gasteiger partial charge on any atom is -0.494 e. The fourth-order valence-corrected chi connectivity index (χ4v) is 1.49. The maximum Gasteiger partial charge on any atom is 0.166 e. The van der Waals surface area contributed by atoms with Crippen molar-refractivity contribution in [3.05, 3.63) is 17.7 Å². The molecule has 0 aromatic heterocycles. The molecule has 90 valence electrons. The third-order valence-corrected chi connectivity index (χ3v) is 2.09. The highest BCUT2D eigenvalue weighted by atomic mass is 16.5. The van der Waals surface area contributed by atoms with Gasteiger partial charge < -0.3 is 19.3 Å². The van der Waals surface area contributed by atoms with Gasteiger partial charge in [0.05, 0.1) is 26.9 Å². The van der Waals surface area contributed by atoms with Crippen molar-refractivity contribution in [2.24, 2.45) is 0 Å². The van der Waals surface area contributed by atoms with E-state index in [-0.39, 0.29) is 6.61 Å². The molecule has 0 saturated carbocycles. The highest BCUT2D eigenvalue weighted by Gasteiger charge is 2.12. The van der Waals surface area contributed by atoms with Crippen LogP contribution in [0.25, 0.3) is 0 Å². The standard InChI is InChI=1S/C12H18O4/c1-4-15-10-6-9(8-13)12(14-3)11(7-10)16-5-2/h6-7,13H,4-5,8H2,1-3H3. The van der Waals surface area contributed by atoms with Gasteiger partial charge in [-0.25, -0.2) is 0 Å². The number of hydrogen-bond donors (Lipinski definition) is 1. The van der Waals surface area contributed by atoms with Crippen molar-refractivity contribution in [1.29, 1.82) is 0 Å². The van der Waals surface area contributed by atoms with Gasteiger partial charge in [0.25, 0.3) is 0 Å². The zero-order valence-electron chi connectivity index (χ0n) is 9.95. The molecule has 0 unspecified atom stereocenters. The molecule has 1 aromatic rings. The summed E-state index contributed by atoms with van der Waals surface area (Å²) in [5.74, 6) is 1.84. The number of methoxy groups -OCH3 is 1. The summed E-state index contributed by atoms with van der Waals surface area (Å²) in [5.41, 5.74) is 0.664. The molecule has 0 atom stereocenters. The van der Waals surface area contributed by atoms with E-state index in [9.17, 15) is 5.11 Å². The predicted molar refractivity (Wildman–Crippen MR) is 61.3 cm³/mol. The van der Waals surface area contributed by atoms with Gasteiger partial charge in [-0.05, 0) is 19.9 Å². The van der Waals surface area contributed by atoms with Gasteiger partial charge in [-0.15, -0.1) is 0 Å². The number of ether oxygens (including phenoxy) is 3. The lowest BCUT2D eigenvalue weighted by atomic mass is 10.2. The molecule has 0 aliphatic heterocycles. The molecule has 1 N–H and O–H groups in total. The van der Waals surface area contributed by atoms with Crippen molar-refractivity contribution in [1.82, 2.24) is 0 Å². The Bertz CT molecular complexity index is 336. The van der Waals surface area contributed by atoms with Crippen molar-refractivity contribution < 1.29 is 19.3 Å². The highest BCUT2D eigenvalue weighted by Crippen LogP contribution is 2.35. The van der Waals surface area contributed by atoms with E-state index >= 15 is 0 Å². The second-order valence-electron chi connectivity index (χ2n) is 3.14. The molecule has 1 rings (SSSR count). The molecule has 4 heteroatoms. The van der Waals surface area contributed by atoms with E-state index in [1.54, 1.807) is 19.2 Å². The molecule has 16 heavy (non-hydrogen) atoms. The Labute approximate surface area is 95.8 Å². The van der Waals surface area contributed by atoms with Gasteiger partial charge in [-0.2, -0.15) is 0 Å². The first-order valence-corrected chi connectivity index (χ1v) is 5.34. The van der Waals surface area contributed by atoms with Gasteiger partial charge in [0.1, 0.15) is 5.75 Å². The average Bonchev–Trinajstić information content (AvgIpc) is 2.29. The van der Waals surface area contributed by atoms with Gasteiger partial charge >= 0.3 is 0 Å². The Morgan fingerprint density at radius 3 is 2.31 bits per heavy atom. The van der Waals surface area contributed by atoms with Crippen LogP contribution in [0.2, 0.25) is 0 Å². The van der Waals surface area contributed by atoms with E-state index in [4.69, 9.17) is 14.2 Å². The van der Waals surface area contributed by atoms with Crippen LogP contribution in [0.5, 0.6) is 17.2 Å². The molecular weight excluding hydrogens is 208 g/mol. The average molecular weight is 226 g/mol. The van der Waals surface area contributed by atoms with Crippen LogP contribution in [0, 0.1) is 0 Å². The lowest BCUT2D eigenvalue weighted by molar-refractivity contribution is 0.262. The van der Waals surface area contributed by atoms with E-state index in [0.717, 1.165) is 0 Å². The topological polar surface area (TPSA) is 47.9 Å². The molecule has 0 radical (unpaired) electrons. The largest absolute Gasteiger partial charge is 0.494 e. The maximum atomic E-state index is 9.24. The van der Waals surface area contributed by atoms with Crippen LogP contribution < -0.4 is 14.2 Å². The molecule has 0 bridgehead atoms. The molecule has 1 aromatic carbocycles. The highest BCUT2D eigenvalue weighted by molar-refractivity contribution is 5.51. The summed E-state index contributed by atoms with van der Waals surface area (Å²) in [4.78, 5) is 0. The van der Waals surface area contributed by atoms with Crippen LogP contribution in [0.15, 0.2) is 12.1 Å². The number of benzene rings is 1. The van der Waals surface area contributed by atoms with Crippen molar-refractivity contribution >= 4 is 0 Å². The minimum absolute atomic E-state index is 0.107. The Morgan fingerprint density at radius 1 is 1.12 bits per heavy atom. The Kier molecular flexibility index (Phi) is 4.92. The second kappa shape index (κ2) is 6.23. The Hall–Kier alpha value is -1.42. The molecule has 0 aliphatic carbocycles. The van der Waals surface area contributed by atoms with Gasteiger partial charge in [0.2, 0.25) is 0 Å². The number of aliphatic hydroxyl groups excluding tert-OH is 1. The summed E-state index contributed by atoms with van der Waals surface area (Å²) in [6.45, 7) is 4.80. The predicted octanol–water partition coefficient (Wildman–Crippen LogP) is 1.98. The number of rotatable bonds is 6. The number of hydrogen-bond acceptors (Lipinski definition) is 4. The molecule has 0 saturated heterocycles. The van der Waals surface area contributed by atoms with Crippen molar-refractivity contribution in [3.63, 3.8) is 0 Å². The van der Waals surface area contributed by atoms with Crippen LogP contribution in [-0.2, 0) is 6.61 Å². The van der Waals surface area contributed by atoms with E-state index < -0.39 is 0 Å². The summed E-state index contributed by atoms with van der Waals surface area (Å²) >= 11 is 0. The van der Waals surface area contributed by atoms with Gasteiger partial charge in [-0.3, -0.25) is 0 Å². The Balaban J connectivity index is 3.14. The quantitative estimate of drug-likeness (QED) is 0.805. The smallest absolute Gasteiger partial charge is 0.166 e. The summed E-state index contributed by atoms with van der Waals surface area (Å²) in [5, 5.41) is 9.24. The van der Waals surface area contributed by atoms with Crippen LogP contribution in [0.4, 0.5) is 0 Å².